The summed E-state index contributed by atoms with van der Waals surface area (Å²) in [4.78, 5) is 0.104. The van der Waals surface area contributed by atoms with Gasteiger partial charge >= 0.3 is 0 Å². The van der Waals surface area contributed by atoms with E-state index in [9.17, 15) is 16.8 Å². The van der Waals surface area contributed by atoms with Crippen molar-refractivity contribution in [1.29, 1.82) is 0 Å². The Labute approximate surface area is 114 Å². The molecule has 0 aliphatic carbocycles. The molecule has 0 unspecified atom stereocenters. The van der Waals surface area contributed by atoms with Gasteiger partial charge in [-0.2, -0.15) is 0 Å². The first kappa shape index (κ1) is 15.9. The van der Waals surface area contributed by atoms with E-state index in [-0.39, 0.29) is 10.8 Å². The number of sulfonamides is 2. The average molecular weight is 306 g/mol. The molecule has 1 aromatic carbocycles. The van der Waals surface area contributed by atoms with E-state index in [1.165, 1.54) is 24.3 Å². The lowest BCUT2D eigenvalue weighted by Crippen LogP contribution is -2.27. The largest absolute Gasteiger partial charge is 0.284 e. The molecule has 0 atom stereocenters. The van der Waals surface area contributed by atoms with E-state index in [0.717, 1.165) is 6.26 Å². The Balaban J connectivity index is 2.87. The topological polar surface area (TPSA) is 92.3 Å². The van der Waals surface area contributed by atoms with Crippen molar-refractivity contribution in [3.8, 4) is 0 Å². The first-order chi connectivity index (χ1) is 8.60. The second-order valence-corrected chi connectivity index (χ2v) is 8.16. The molecule has 0 saturated heterocycles. The summed E-state index contributed by atoms with van der Waals surface area (Å²) in [6.45, 7) is 4.16. The summed E-state index contributed by atoms with van der Waals surface area (Å²) in [6, 6.07) is 5.53. The third kappa shape index (κ3) is 5.58. The Morgan fingerprint density at radius 3 is 2.00 bits per heavy atom. The predicted molar refractivity (Wildman–Crippen MR) is 74.9 cm³/mol. The summed E-state index contributed by atoms with van der Waals surface area (Å²) in [5.41, 5.74) is 0.324. The molecule has 0 aromatic heterocycles. The van der Waals surface area contributed by atoms with E-state index in [2.05, 4.69) is 9.44 Å². The van der Waals surface area contributed by atoms with Gasteiger partial charge in [0.2, 0.25) is 20.0 Å². The van der Waals surface area contributed by atoms with Crippen LogP contribution in [0.25, 0.3) is 0 Å². The maximum atomic E-state index is 11.9. The molecule has 8 heteroatoms. The van der Waals surface area contributed by atoms with Gasteiger partial charge in [-0.15, -0.1) is 0 Å². The molecule has 0 aliphatic rings. The van der Waals surface area contributed by atoms with E-state index in [1.54, 1.807) is 0 Å². The van der Waals surface area contributed by atoms with Crippen LogP contribution in [0, 0.1) is 5.92 Å². The van der Waals surface area contributed by atoms with Crippen LogP contribution in [-0.2, 0) is 20.0 Å². The highest BCUT2D eigenvalue weighted by Crippen LogP contribution is 2.14. The molecule has 108 valence electrons. The monoisotopic (exact) mass is 306 g/mol. The first-order valence-electron chi connectivity index (χ1n) is 5.68. The van der Waals surface area contributed by atoms with Crippen LogP contribution in [0.4, 0.5) is 5.69 Å². The standard InChI is InChI=1S/C11H18N2O4S2/c1-9(2)8-12-19(16,17)11-6-4-10(5-7-11)13-18(3,14)15/h4-7,9,12-13H,8H2,1-3H3. The quantitative estimate of drug-likeness (QED) is 0.820. The highest BCUT2D eigenvalue weighted by molar-refractivity contribution is 7.92. The van der Waals surface area contributed by atoms with Gasteiger partial charge in [-0.25, -0.2) is 21.6 Å². The molecule has 0 saturated carbocycles. The van der Waals surface area contributed by atoms with Crippen molar-refractivity contribution in [1.82, 2.24) is 4.72 Å². The minimum Gasteiger partial charge on any atom is -0.284 e. The molecule has 1 rings (SSSR count). The molecule has 0 radical (unpaired) electrons. The van der Waals surface area contributed by atoms with Crippen molar-refractivity contribution < 1.29 is 16.8 Å². The van der Waals surface area contributed by atoms with Gasteiger partial charge in [0.15, 0.2) is 0 Å². The molecule has 0 bridgehead atoms. The summed E-state index contributed by atoms with van der Waals surface area (Å²) in [5, 5.41) is 0. The van der Waals surface area contributed by atoms with Crippen molar-refractivity contribution in [2.45, 2.75) is 18.7 Å². The summed E-state index contributed by atoms with van der Waals surface area (Å²) in [6.07, 6.45) is 1.03. The van der Waals surface area contributed by atoms with Crippen molar-refractivity contribution in [2.75, 3.05) is 17.5 Å². The van der Waals surface area contributed by atoms with Crippen LogP contribution < -0.4 is 9.44 Å². The fourth-order valence-corrected chi connectivity index (χ4v) is 3.05. The number of hydrogen-bond acceptors (Lipinski definition) is 4. The molecule has 0 spiro atoms. The third-order valence-electron chi connectivity index (χ3n) is 2.15. The van der Waals surface area contributed by atoms with Crippen LogP contribution in [0.2, 0.25) is 0 Å². The van der Waals surface area contributed by atoms with Crippen LogP contribution >= 0.6 is 0 Å². The smallest absolute Gasteiger partial charge is 0.240 e. The van der Waals surface area contributed by atoms with Crippen LogP contribution in [0.1, 0.15) is 13.8 Å². The van der Waals surface area contributed by atoms with Gasteiger partial charge in [-0.1, -0.05) is 13.8 Å². The number of nitrogens with one attached hydrogen (secondary N) is 2. The van der Waals surface area contributed by atoms with Crippen molar-refractivity contribution >= 4 is 25.7 Å². The summed E-state index contributed by atoms with van der Waals surface area (Å²) in [7, 11) is -6.91. The molecule has 19 heavy (non-hydrogen) atoms. The Morgan fingerprint density at radius 1 is 1.05 bits per heavy atom. The zero-order valence-electron chi connectivity index (χ0n) is 11.0. The number of anilines is 1. The zero-order chi connectivity index (χ0) is 14.7. The van der Waals surface area contributed by atoms with E-state index in [1.807, 2.05) is 13.8 Å². The first-order valence-corrected chi connectivity index (χ1v) is 9.05. The van der Waals surface area contributed by atoms with Crippen LogP contribution in [0.15, 0.2) is 29.2 Å². The van der Waals surface area contributed by atoms with Gasteiger partial charge in [0, 0.05) is 12.2 Å². The van der Waals surface area contributed by atoms with E-state index in [4.69, 9.17) is 0 Å². The predicted octanol–water partition coefficient (Wildman–Crippen LogP) is 0.992. The van der Waals surface area contributed by atoms with Gasteiger partial charge in [0.1, 0.15) is 0 Å². The molecule has 1 aromatic rings. The molecular weight excluding hydrogens is 288 g/mol. The third-order valence-corrected chi connectivity index (χ3v) is 4.20. The lowest BCUT2D eigenvalue weighted by atomic mass is 10.2. The number of rotatable bonds is 6. The highest BCUT2D eigenvalue weighted by Gasteiger charge is 2.14. The Morgan fingerprint density at radius 2 is 1.58 bits per heavy atom. The van der Waals surface area contributed by atoms with Crippen LogP contribution in [-0.4, -0.2) is 29.6 Å². The summed E-state index contributed by atoms with van der Waals surface area (Å²) >= 11 is 0. The molecule has 0 amide bonds. The highest BCUT2D eigenvalue weighted by atomic mass is 32.2. The van der Waals surface area contributed by atoms with Gasteiger partial charge in [0.05, 0.1) is 11.2 Å². The van der Waals surface area contributed by atoms with Gasteiger partial charge in [-0.3, -0.25) is 4.72 Å². The molecule has 6 nitrogen and oxygen atoms in total. The lowest BCUT2D eigenvalue weighted by Gasteiger charge is -2.09. The minimum absolute atomic E-state index is 0.104. The fraction of sp³-hybridized carbons (Fsp3) is 0.455. The van der Waals surface area contributed by atoms with Gasteiger partial charge < -0.3 is 0 Å². The average Bonchev–Trinajstić information content (AvgIpc) is 2.25. The van der Waals surface area contributed by atoms with Crippen molar-refractivity contribution in [3.05, 3.63) is 24.3 Å². The number of hydrogen-bond donors (Lipinski definition) is 2. The van der Waals surface area contributed by atoms with Gasteiger partial charge in [-0.05, 0) is 30.2 Å². The number of benzene rings is 1. The van der Waals surface area contributed by atoms with Crippen LogP contribution in [0.5, 0.6) is 0 Å². The summed E-state index contributed by atoms with van der Waals surface area (Å²) in [5.74, 6) is 0.209. The molecule has 0 aliphatic heterocycles. The normalized spacial score (nSPS) is 12.6. The Hall–Kier alpha value is -1.12. The van der Waals surface area contributed by atoms with Gasteiger partial charge in [0.25, 0.3) is 0 Å². The second kappa shape index (κ2) is 5.89. The lowest BCUT2D eigenvalue weighted by molar-refractivity contribution is 0.560. The van der Waals surface area contributed by atoms with E-state index >= 15 is 0 Å². The van der Waals surface area contributed by atoms with E-state index in [0.29, 0.717) is 12.2 Å². The Kier molecular flexibility index (Phi) is 4.94. The molecular formula is C11H18N2O4S2. The zero-order valence-corrected chi connectivity index (χ0v) is 12.7. The van der Waals surface area contributed by atoms with Crippen LogP contribution in [0.3, 0.4) is 0 Å². The maximum Gasteiger partial charge on any atom is 0.240 e. The fourth-order valence-electron chi connectivity index (χ4n) is 1.28. The Bertz CT molecular complexity index is 619. The van der Waals surface area contributed by atoms with E-state index < -0.39 is 20.0 Å². The maximum absolute atomic E-state index is 11.9. The summed E-state index contributed by atoms with van der Waals surface area (Å²) < 4.78 is 50.5. The second-order valence-electron chi connectivity index (χ2n) is 4.64. The van der Waals surface area contributed by atoms with Crippen molar-refractivity contribution in [2.24, 2.45) is 5.92 Å². The molecule has 0 heterocycles. The molecule has 0 fully saturated rings. The SMILES string of the molecule is CC(C)CNS(=O)(=O)c1ccc(NS(C)(=O)=O)cc1. The molecule has 2 N–H and O–H groups in total. The minimum atomic E-state index is -3.54. The van der Waals surface area contributed by atoms with Crippen molar-refractivity contribution in [3.63, 3.8) is 0 Å².